The molecule has 3 amide bonds. The van der Waals surface area contributed by atoms with E-state index in [9.17, 15) is 14.4 Å². The lowest BCUT2D eigenvalue weighted by Crippen LogP contribution is -2.52. The Kier molecular flexibility index (Phi) is 8.63. The van der Waals surface area contributed by atoms with Crippen molar-refractivity contribution < 1.29 is 19.1 Å². The third-order valence-electron chi connectivity index (χ3n) is 5.35. The minimum atomic E-state index is -0.242. The number of nitrogens with zero attached hydrogens (tertiary/aromatic N) is 3. The molecule has 33 heavy (non-hydrogen) atoms. The molecule has 1 saturated heterocycles. The Morgan fingerprint density at radius 2 is 1.76 bits per heavy atom. The van der Waals surface area contributed by atoms with Crippen LogP contribution in [0.1, 0.15) is 35.7 Å². The van der Waals surface area contributed by atoms with Crippen molar-refractivity contribution in [2.45, 2.75) is 26.7 Å². The highest BCUT2D eigenvalue weighted by molar-refractivity contribution is 6.04. The van der Waals surface area contributed by atoms with Crippen molar-refractivity contribution in [1.29, 1.82) is 0 Å². The number of amides is 3. The summed E-state index contributed by atoms with van der Waals surface area (Å²) in [5, 5.41) is 5.71. The van der Waals surface area contributed by atoms with Gasteiger partial charge in [0, 0.05) is 44.7 Å². The zero-order valence-corrected chi connectivity index (χ0v) is 19.2. The maximum Gasteiger partial charge on any atom is 0.317 e. The third kappa shape index (κ3) is 7.20. The second-order valence-corrected chi connectivity index (χ2v) is 7.84. The van der Waals surface area contributed by atoms with Gasteiger partial charge in [0.05, 0.1) is 18.5 Å². The predicted molar refractivity (Wildman–Crippen MR) is 126 cm³/mol. The molecule has 176 valence electrons. The molecule has 9 nitrogen and oxygen atoms in total. The molecule has 2 aromatic rings. The minimum Gasteiger partial charge on any atom is -0.466 e. The molecule has 0 saturated carbocycles. The Labute approximate surface area is 194 Å². The van der Waals surface area contributed by atoms with Crippen LogP contribution >= 0.6 is 0 Å². The van der Waals surface area contributed by atoms with E-state index in [1.54, 1.807) is 30.2 Å². The van der Waals surface area contributed by atoms with Crippen molar-refractivity contribution in [2.75, 3.05) is 49.5 Å². The number of aromatic nitrogens is 1. The van der Waals surface area contributed by atoms with E-state index in [0.29, 0.717) is 63.4 Å². The molecule has 0 bridgehead atoms. The van der Waals surface area contributed by atoms with E-state index in [1.807, 2.05) is 31.2 Å². The number of carbonyl (C=O) groups is 3. The van der Waals surface area contributed by atoms with Crippen molar-refractivity contribution in [3.8, 4) is 0 Å². The number of benzene rings is 1. The van der Waals surface area contributed by atoms with Crippen LogP contribution in [0, 0.1) is 6.92 Å². The Morgan fingerprint density at radius 1 is 1.03 bits per heavy atom. The monoisotopic (exact) mass is 453 g/mol. The molecular weight excluding hydrogens is 422 g/mol. The fourth-order valence-electron chi connectivity index (χ4n) is 3.47. The molecule has 9 heteroatoms. The molecule has 1 aromatic heterocycles. The summed E-state index contributed by atoms with van der Waals surface area (Å²) in [6, 6.07) is 11.0. The van der Waals surface area contributed by atoms with Crippen LogP contribution in [0.3, 0.4) is 0 Å². The Balaban J connectivity index is 1.41. The number of pyridine rings is 1. The minimum absolute atomic E-state index is 0.124. The number of piperazine rings is 1. The Morgan fingerprint density at radius 3 is 2.39 bits per heavy atom. The lowest BCUT2D eigenvalue weighted by Gasteiger charge is -2.35. The van der Waals surface area contributed by atoms with Gasteiger partial charge in [-0.3, -0.25) is 9.59 Å². The fraction of sp³-hybridized carbons (Fsp3) is 0.417. The first-order valence-electron chi connectivity index (χ1n) is 11.2. The standard InChI is InChI=1S/C24H31N5O4/c1-3-33-22(30)5-4-12-25-24(32)29-15-13-28(14-16-29)21-11-10-20(17-26-21)27-23(31)19-8-6-18(2)7-9-19/h6-11,17H,3-5,12-16H2,1-2H3,(H,25,32)(H,27,31). The first-order valence-corrected chi connectivity index (χ1v) is 11.2. The second kappa shape index (κ2) is 11.8. The average molecular weight is 454 g/mol. The van der Waals surface area contributed by atoms with Crippen LogP contribution in [0.25, 0.3) is 0 Å². The maximum atomic E-state index is 12.4. The highest BCUT2D eigenvalue weighted by Crippen LogP contribution is 2.17. The quantitative estimate of drug-likeness (QED) is 0.471. The molecule has 0 aliphatic carbocycles. The number of carbonyl (C=O) groups excluding carboxylic acids is 3. The highest BCUT2D eigenvalue weighted by Gasteiger charge is 2.21. The molecule has 1 fully saturated rings. The summed E-state index contributed by atoms with van der Waals surface area (Å²) in [6.45, 7) is 7.05. The molecule has 0 spiro atoms. The number of hydrogen-bond donors (Lipinski definition) is 2. The smallest absolute Gasteiger partial charge is 0.317 e. The molecule has 0 radical (unpaired) electrons. The summed E-state index contributed by atoms with van der Waals surface area (Å²) in [4.78, 5) is 44.3. The van der Waals surface area contributed by atoms with Gasteiger partial charge in [0.15, 0.2) is 0 Å². The SMILES string of the molecule is CCOC(=O)CCCNC(=O)N1CCN(c2ccc(NC(=O)c3ccc(C)cc3)cn2)CC1. The van der Waals surface area contributed by atoms with Gasteiger partial charge in [0.25, 0.3) is 5.91 Å². The van der Waals surface area contributed by atoms with Gasteiger partial charge in [-0.05, 0) is 44.5 Å². The first kappa shape index (κ1) is 24.0. The van der Waals surface area contributed by atoms with E-state index in [1.165, 1.54) is 0 Å². The van der Waals surface area contributed by atoms with Gasteiger partial charge in [0.1, 0.15) is 5.82 Å². The number of anilines is 2. The summed E-state index contributed by atoms with van der Waals surface area (Å²) in [5.41, 5.74) is 2.33. The van der Waals surface area contributed by atoms with E-state index in [2.05, 4.69) is 20.5 Å². The van der Waals surface area contributed by atoms with E-state index >= 15 is 0 Å². The van der Waals surface area contributed by atoms with Gasteiger partial charge in [-0.1, -0.05) is 17.7 Å². The van der Waals surface area contributed by atoms with Gasteiger partial charge >= 0.3 is 12.0 Å². The van der Waals surface area contributed by atoms with Crippen molar-refractivity contribution in [3.05, 3.63) is 53.7 Å². The van der Waals surface area contributed by atoms with Crippen molar-refractivity contribution >= 4 is 29.4 Å². The summed E-state index contributed by atoms with van der Waals surface area (Å²) >= 11 is 0. The largest absolute Gasteiger partial charge is 0.466 e. The molecule has 1 aromatic carbocycles. The third-order valence-corrected chi connectivity index (χ3v) is 5.35. The number of aryl methyl sites for hydroxylation is 1. The number of hydrogen-bond acceptors (Lipinski definition) is 6. The Bertz CT molecular complexity index is 938. The van der Waals surface area contributed by atoms with Gasteiger partial charge in [-0.25, -0.2) is 9.78 Å². The normalized spacial score (nSPS) is 13.4. The van der Waals surface area contributed by atoms with Crippen LogP contribution < -0.4 is 15.5 Å². The average Bonchev–Trinajstić information content (AvgIpc) is 2.83. The van der Waals surface area contributed by atoms with Crippen LogP contribution in [-0.4, -0.2) is 67.1 Å². The van der Waals surface area contributed by atoms with E-state index in [0.717, 1.165) is 11.4 Å². The number of ether oxygens (including phenoxy) is 1. The molecule has 2 heterocycles. The van der Waals surface area contributed by atoms with E-state index in [-0.39, 0.29) is 17.9 Å². The van der Waals surface area contributed by atoms with Gasteiger partial charge < -0.3 is 25.2 Å². The predicted octanol–water partition coefficient (Wildman–Crippen LogP) is 2.82. The van der Waals surface area contributed by atoms with Crippen molar-refractivity contribution in [2.24, 2.45) is 0 Å². The van der Waals surface area contributed by atoms with E-state index in [4.69, 9.17) is 4.74 Å². The molecule has 2 N–H and O–H groups in total. The van der Waals surface area contributed by atoms with Crippen LogP contribution in [0.4, 0.5) is 16.3 Å². The Hall–Kier alpha value is -3.62. The lowest BCUT2D eigenvalue weighted by molar-refractivity contribution is -0.143. The van der Waals surface area contributed by atoms with Crippen LogP contribution in [-0.2, 0) is 9.53 Å². The van der Waals surface area contributed by atoms with E-state index < -0.39 is 0 Å². The zero-order valence-electron chi connectivity index (χ0n) is 19.2. The van der Waals surface area contributed by atoms with Gasteiger partial charge in [-0.15, -0.1) is 0 Å². The molecule has 3 rings (SSSR count). The van der Waals surface area contributed by atoms with Crippen LogP contribution in [0.5, 0.6) is 0 Å². The summed E-state index contributed by atoms with van der Waals surface area (Å²) < 4.78 is 4.88. The van der Waals surface area contributed by atoms with Crippen molar-refractivity contribution in [3.63, 3.8) is 0 Å². The molecule has 0 unspecified atom stereocenters. The number of urea groups is 1. The van der Waals surface area contributed by atoms with Crippen LogP contribution in [0.2, 0.25) is 0 Å². The molecular formula is C24H31N5O4. The van der Waals surface area contributed by atoms with Gasteiger partial charge in [-0.2, -0.15) is 0 Å². The number of rotatable bonds is 8. The second-order valence-electron chi connectivity index (χ2n) is 7.84. The fourth-order valence-corrected chi connectivity index (χ4v) is 3.47. The first-order chi connectivity index (χ1) is 16.0. The summed E-state index contributed by atoms with van der Waals surface area (Å²) in [5.74, 6) is 0.387. The maximum absolute atomic E-state index is 12.4. The summed E-state index contributed by atoms with van der Waals surface area (Å²) in [7, 11) is 0. The summed E-state index contributed by atoms with van der Waals surface area (Å²) in [6.07, 6.45) is 2.50. The lowest BCUT2D eigenvalue weighted by atomic mass is 10.1. The molecule has 1 aliphatic rings. The van der Waals surface area contributed by atoms with Crippen molar-refractivity contribution in [1.82, 2.24) is 15.2 Å². The highest BCUT2D eigenvalue weighted by atomic mass is 16.5. The topological polar surface area (TPSA) is 104 Å². The van der Waals surface area contributed by atoms with Crippen LogP contribution in [0.15, 0.2) is 42.6 Å². The molecule has 1 aliphatic heterocycles. The number of nitrogens with one attached hydrogen (secondary N) is 2. The zero-order chi connectivity index (χ0) is 23.6. The van der Waals surface area contributed by atoms with Gasteiger partial charge in [0.2, 0.25) is 0 Å². The number of esters is 1. The molecule has 0 atom stereocenters.